The van der Waals surface area contributed by atoms with Crippen LogP contribution in [-0.2, 0) is 0 Å². The van der Waals surface area contributed by atoms with Crippen LogP contribution in [0.2, 0.25) is 0 Å². The van der Waals surface area contributed by atoms with E-state index in [1.54, 1.807) is 0 Å². The van der Waals surface area contributed by atoms with Crippen molar-refractivity contribution >= 4 is 11.3 Å². The first kappa shape index (κ1) is 17.3. The lowest BCUT2D eigenvalue weighted by Crippen LogP contribution is -3.00. The Labute approximate surface area is 158 Å². The van der Waals surface area contributed by atoms with Crippen molar-refractivity contribution in [1.29, 1.82) is 0 Å². The highest BCUT2D eigenvalue weighted by Crippen LogP contribution is 2.37. The maximum atomic E-state index is 2.29. The number of hydrogen-bond donors (Lipinski definition) is 0. The Bertz CT molecular complexity index is 796. The van der Waals surface area contributed by atoms with Gasteiger partial charge in [0.05, 0.1) is 0 Å². The van der Waals surface area contributed by atoms with Crippen molar-refractivity contribution in [2.45, 2.75) is 0 Å². The van der Waals surface area contributed by atoms with Gasteiger partial charge in [0.1, 0.15) is 0 Å². The first-order valence-electron chi connectivity index (χ1n) is 8.04. The molecular weight excluding hydrogens is 344 g/mol. The van der Waals surface area contributed by atoms with Crippen molar-refractivity contribution in [2.75, 3.05) is 0 Å². The molecule has 0 N–H and O–H groups in total. The normalized spacial score (nSPS) is 10.1. The summed E-state index contributed by atoms with van der Waals surface area (Å²) >= 11 is 1.84. The third-order valence-electron chi connectivity index (χ3n) is 4.02. The van der Waals surface area contributed by atoms with Gasteiger partial charge in [0.2, 0.25) is 21.1 Å². The van der Waals surface area contributed by atoms with Crippen LogP contribution in [0.5, 0.6) is 0 Å². The zero-order chi connectivity index (χ0) is 16.2. The van der Waals surface area contributed by atoms with Gasteiger partial charge < -0.3 is 12.4 Å². The van der Waals surface area contributed by atoms with E-state index in [2.05, 4.69) is 103 Å². The smallest absolute Gasteiger partial charge is 0.239 e. The Kier molecular flexibility index (Phi) is 5.60. The van der Waals surface area contributed by atoms with Crippen LogP contribution in [0.4, 0.5) is 0 Å². The van der Waals surface area contributed by atoms with E-state index in [9.17, 15) is 0 Å². The minimum absolute atomic E-state index is 0. The molecular formula is C23H17ClS. The van der Waals surface area contributed by atoms with Gasteiger partial charge in [0, 0.05) is 23.3 Å². The van der Waals surface area contributed by atoms with E-state index in [1.165, 1.54) is 32.0 Å². The molecule has 1 aromatic heterocycles. The van der Waals surface area contributed by atoms with Gasteiger partial charge in [-0.15, -0.1) is 0 Å². The molecule has 0 radical (unpaired) electrons. The molecule has 0 atom stereocenters. The van der Waals surface area contributed by atoms with Crippen molar-refractivity contribution in [1.82, 2.24) is 0 Å². The summed E-state index contributed by atoms with van der Waals surface area (Å²) in [4.78, 5) is 2.58. The molecule has 0 amide bonds. The average Bonchev–Trinajstić information content (AvgIpc) is 2.70. The second-order valence-corrected chi connectivity index (χ2v) is 6.76. The van der Waals surface area contributed by atoms with E-state index < -0.39 is 0 Å². The highest BCUT2D eigenvalue weighted by Gasteiger charge is 2.18. The Morgan fingerprint density at radius 2 is 0.760 bits per heavy atom. The molecule has 0 fully saturated rings. The maximum Gasteiger partial charge on any atom is 0.239 e. The maximum absolute atomic E-state index is 2.29. The summed E-state index contributed by atoms with van der Waals surface area (Å²) in [5, 5.41) is 0. The fourth-order valence-electron chi connectivity index (χ4n) is 2.79. The number of hydrogen-bond acceptors (Lipinski definition) is 0. The third-order valence-corrected chi connectivity index (χ3v) is 5.16. The van der Waals surface area contributed by atoms with Crippen LogP contribution in [0.1, 0.15) is 0 Å². The predicted molar refractivity (Wildman–Crippen MR) is 105 cm³/mol. The Morgan fingerprint density at radius 1 is 0.400 bits per heavy atom. The van der Waals surface area contributed by atoms with Crippen molar-refractivity contribution < 1.29 is 12.4 Å². The number of benzene rings is 3. The first-order chi connectivity index (χ1) is 11.9. The lowest BCUT2D eigenvalue weighted by Gasteiger charge is -2.02. The molecule has 3 aromatic carbocycles. The predicted octanol–water partition coefficient (Wildman–Crippen LogP) is 4.03. The van der Waals surface area contributed by atoms with E-state index in [1.807, 2.05) is 11.3 Å². The van der Waals surface area contributed by atoms with Crippen LogP contribution in [-0.4, -0.2) is 0 Å². The monoisotopic (exact) mass is 360 g/mol. The van der Waals surface area contributed by atoms with Crippen LogP contribution in [0.15, 0.2) is 103 Å². The molecule has 4 aromatic rings. The molecule has 0 saturated heterocycles. The molecule has 0 aliphatic rings. The van der Waals surface area contributed by atoms with Crippen molar-refractivity contribution in [3.63, 3.8) is 0 Å². The Hall–Kier alpha value is -2.48. The van der Waals surface area contributed by atoms with E-state index in [0.717, 1.165) is 0 Å². The molecule has 0 nitrogen and oxygen atoms in total. The quantitative estimate of drug-likeness (QED) is 0.484. The Morgan fingerprint density at radius 3 is 1.16 bits per heavy atom. The van der Waals surface area contributed by atoms with Gasteiger partial charge in [0.25, 0.3) is 0 Å². The molecule has 1 heterocycles. The zero-order valence-electron chi connectivity index (χ0n) is 13.6. The van der Waals surface area contributed by atoms with Gasteiger partial charge in [-0.25, -0.2) is 0 Å². The van der Waals surface area contributed by atoms with Crippen LogP contribution < -0.4 is 12.4 Å². The van der Waals surface area contributed by atoms with Crippen LogP contribution in [0, 0.1) is 0 Å². The summed E-state index contributed by atoms with van der Waals surface area (Å²) in [6, 6.07) is 36.4. The first-order valence-corrected chi connectivity index (χ1v) is 8.86. The van der Waals surface area contributed by atoms with Crippen molar-refractivity contribution in [2.24, 2.45) is 0 Å². The van der Waals surface area contributed by atoms with E-state index in [0.29, 0.717) is 0 Å². The van der Waals surface area contributed by atoms with Gasteiger partial charge in [0.15, 0.2) is 0 Å². The summed E-state index contributed by atoms with van der Waals surface area (Å²) in [5.41, 5.74) is 5.03. The SMILES string of the molecule is [Cl-].c1ccc(-c2cc(-c3ccccc3)[s+]c(-c3ccccc3)c2)cc1. The second kappa shape index (κ2) is 8.06. The molecule has 0 aliphatic heterocycles. The summed E-state index contributed by atoms with van der Waals surface area (Å²) < 4.78 is 0. The summed E-state index contributed by atoms with van der Waals surface area (Å²) in [5.74, 6) is 0. The van der Waals surface area contributed by atoms with Crippen LogP contribution >= 0.6 is 11.3 Å². The number of rotatable bonds is 3. The molecule has 2 heteroatoms. The van der Waals surface area contributed by atoms with Gasteiger partial charge in [-0.05, 0) is 35.4 Å². The van der Waals surface area contributed by atoms with Crippen LogP contribution in [0.3, 0.4) is 0 Å². The fourth-order valence-corrected chi connectivity index (χ4v) is 3.90. The fraction of sp³-hybridized carbons (Fsp3) is 0. The summed E-state index contributed by atoms with van der Waals surface area (Å²) in [6.07, 6.45) is 0. The van der Waals surface area contributed by atoms with E-state index in [4.69, 9.17) is 0 Å². The average molecular weight is 361 g/mol. The molecule has 0 bridgehead atoms. The minimum atomic E-state index is 0. The molecule has 0 aliphatic carbocycles. The highest BCUT2D eigenvalue weighted by atomic mass is 35.5. The standard InChI is InChI=1S/C23H17S.ClH/c1-4-10-18(11-5-1)21-16-22(19-12-6-2-7-13-19)24-23(17-21)20-14-8-3-9-15-20;/h1-17H;1H/q+1;/p-1. The lowest BCUT2D eigenvalue weighted by atomic mass is 10.0. The Balaban J connectivity index is 0.00000182. The summed E-state index contributed by atoms with van der Waals surface area (Å²) in [6.45, 7) is 0. The molecule has 25 heavy (non-hydrogen) atoms. The molecule has 0 spiro atoms. The van der Waals surface area contributed by atoms with Gasteiger partial charge in [-0.1, -0.05) is 66.7 Å². The van der Waals surface area contributed by atoms with Gasteiger partial charge in [-0.3, -0.25) is 0 Å². The second-order valence-electron chi connectivity index (χ2n) is 5.67. The largest absolute Gasteiger partial charge is 1.00 e. The third kappa shape index (κ3) is 3.96. The summed E-state index contributed by atoms with van der Waals surface area (Å²) in [7, 11) is 0. The van der Waals surface area contributed by atoms with E-state index >= 15 is 0 Å². The van der Waals surface area contributed by atoms with Crippen molar-refractivity contribution in [3.8, 4) is 32.0 Å². The van der Waals surface area contributed by atoms with Gasteiger partial charge >= 0.3 is 0 Å². The number of halogens is 1. The molecule has 0 saturated carbocycles. The molecule has 0 unspecified atom stereocenters. The lowest BCUT2D eigenvalue weighted by molar-refractivity contribution is -0.00000447. The zero-order valence-corrected chi connectivity index (χ0v) is 15.2. The topological polar surface area (TPSA) is 0 Å². The van der Waals surface area contributed by atoms with E-state index in [-0.39, 0.29) is 12.4 Å². The van der Waals surface area contributed by atoms with Crippen molar-refractivity contribution in [3.05, 3.63) is 103 Å². The minimum Gasteiger partial charge on any atom is -1.00 e. The van der Waals surface area contributed by atoms with Crippen LogP contribution in [0.25, 0.3) is 32.0 Å². The highest BCUT2D eigenvalue weighted by molar-refractivity contribution is 7.18. The molecule has 122 valence electrons. The van der Waals surface area contributed by atoms with Gasteiger partial charge in [-0.2, -0.15) is 0 Å². The molecule has 4 rings (SSSR count).